The first-order chi connectivity index (χ1) is 17.9. The van der Waals surface area contributed by atoms with Crippen LogP contribution < -0.4 is 9.46 Å². The Morgan fingerprint density at radius 1 is 0.919 bits per heavy atom. The predicted molar refractivity (Wildman–Crippen MR) is 154 cm³/mol. The molecule has 4 aromatic rings. The molecule has 5 nitrogen and oxygen atoms in total. The number of benzene rings is 3. The zero-order valence-electron chi connectivity index (χ0n) is 21.3. The first-order valence-corrected chi connectivity index (χ1v) is 15.6. The number of hydrogen-bond acceptors (Lipinski definition) is 5. The summed E-state index contributed by atoms with van der Waals surface area (Å²) in [5.74, 6) is 0.930. The van der Waals surface area contributed by atoms with Gasteiger partial charge in [0.1, 0.15) is 12.4 Å². The van der Waals surface area contributed by atoms with E-state index in [-0.39, 0.29) is 0 Å². The summed E-state index contributed by atoms with van der Waals surface area (Å²) in [5.41, 5.74) is 4.91. The van der Waals surface area contributed by atoms with Crippen molar-refractivity contribution in [3.05, 3.63) is 89.5 Å². The number of nitrogens with one attached hydrogen (secondary N) is 1. The van der Waals surface area contributed by atoms with Crippen molar-refractivity contribution in [1.82, 2.24) is 9.62 Å². The zero-order chi connectivity index (χ0) is 25.7. The number of rotatable bonds is 11. The fraction of sp³-hybridized carbons (Fsp3) is 0.333. The van der Waals surface area contributed by atoms with E-state index in [9.17, 15) is 8.42 Å². The lowest BCUT2D eigenvalue weighted by Crippen LogP contribution is -2.25. The quantitative estimate of drug-likeness (QED) is 0.267. The van der Waals surface area contributed by atoms with Crippen LogP contribution in [-0.4, -0.2) is 52.4 Å². The molecular formula is C30H34N2O3S2. The fourth-order valence-electron chi connectivity index (χ4n) is 4.92. The number of hydrogen-bond donors (Lipinski definition) is 1. The molecule has 1 aromatic heterocycles. The maximum atomic E-state index is 11.3. The molecule has 0 radical (unpaired) electrons. The smallest absolute Gasteiger partial charge is 0.208 e. The van der Waals surface area contributed by atoms with Crippen LogP contribution in [0, 0.1) is 0 Å². The highest BCUT2D eigenvalue weighted by molar-refractivity contribution is 7.88. The van der Waals surface area contributed by atoms with E-state index < -0.39 is 10.0 Å². The summed E-state index contributed by atoms with van der Waals surface area (Å²) in [7, 11) is -3.16. The maximum Gasteiger partial charge on any atom is 0.208 e. The van der Waals surface area contributed by atoms with E-state index in [4.69, 9.17) is 4.74 Å². The standard InChI is InChI=1S/C30H34N2O3S2/c1-37(33,34)31-17-16-23-8-12-25(13-9-23)30-28(27-6-2-3-7-29(27)36-30)22-24-10-14-26(15-11-24)35-21-20-32-18-4-5-19-32/h2-3,6-15,31H,4-5,16-22H2,1H3. The molecule has 1 saturated heterocycles. The van der Waals surface area contributed by atoms with Gasteiger partial charge in [-0.2, -0.15) is 0 Å². The molecule has 5 rings (SSSR count). The monoisotopic (exact) mass is 534 g/mol. The number of thiophene rings is 1. The summed E-state index contributed by atoms with van der Waals surface area (Å²) in [6.07, 6.45) is 5.32. The molecule has 1 aliphatic rings. The van der Waals surface area contributed by atoms with E-state index in [0.29, 0.717) is 13.0 Å². The summed E-state index contributed by atoms with van der Waals surface area (Å²) in [6.45, 7) is 4.53. The van der Waals surface area contributed by atoms with Gasteiger partial charge in [-0.3, -0.25) is 4.90 Å². The van der Waals surface area contributed by atoms with Crippen molar-refractivity contribution < 1.29 is 13.2 Å². The molecule has 1 N–H and O–H groups in total. The number of likely N-dealkylation sites (tertiary alicyclic amines) is 1. The number of ether oxygens (including phenoxy) is 1. The average Bonchev–Trinajstić information content (AvgIpc) is 3.53. The highest BCUT2D eigenvalue weighted by Crippen LogP contribution is 2.40. The van der Waals surface area contributed by atoms with E-state index >= 15 is 0 Å². The Morgan fingerprint density at radius 3 is 2.35 bits per heavy atom. The Balaban J connectivity index is 1.30. The molecule has 1 aliphatic heterocycles. The van der Waals surface area contributed by atoms with Crippen molar-refractivity contribution in [3.8, 4) is 16.2 Å². The van der Waals surface area contributed by atoms with Gasteiger partial charge in [0, 0.05) is 22.7 Å². The van der Waals surface area contributed by atoms with Crippen molar-refractivity contribution in [2.24, 2.45) is 0 Å². The van der Waals surface area contributed by atoms with Gasteiger partial charge in [-0.1, -0.05) is 54.6 Å². The lowest BCUT2D eigenvalue weighted by Gasteiger charge is -2.15. The summed E-state index contributed by atoms with van der Waals surface area (Å²) >= 11 is 1.83. The Morgan fingerprint density at radius 2 is 1.62 bits per heavy atom. The molecule has 0 saturated carbocycles. The molecule has 37 heavy (non-hydrogen) atoms. The Labute approximate surface area is 224 Å². The minimum Gasteiger partial charge on any atom is -0.492 e. The molecule has 0 spiro atoms. The lowest BCUT2D eigenvalue weighted by atomic mass is 9.98. The van der Waals surface area contributed by atoms with Gasteiger partial charge in [-0.05, 0) is 84.6 Å². The maximum absolute atomic E-state index is 11.3. The summed E-state index contributed by atoms with van der Waals surface area (Å²) < 4.78 is 32.5. The third kappa shape index (κ3) is 6.99. The van der Waals surface area contributed by atoms with Crippen LogP contribution in [-0.2, 0) is 22.9 Å². The van der Waals surface area contributed by atoms with Gasteiger partial charge >= 0.3 is 0 Å². The van der Waals surface area contributed by atoms with E-state index in [1.165, 1.54) is 63.8 Å². The van der Waals surface area contributed by atoms with Gasteiger partial charge in [0.25, 0.3) is 0 Å². The first-order valence-electron chi connectivity index (χ1n) is 12.9. The van der Waals surface area contributed by atoms with Crippen LogP contribution in [0.5, 0.6) is 5.75 Å². The highest BCUT2D eigenvalue weighted by atomic mass is 32.2. The third-order valence-corrected chi connectivity index (χ3v) is 8.86. The van der Waals surface area contributed by atoms with Gasteiger partial charge in [0.15, 0.2) is 0 Å². The van der Waals surface area contributed by atoms with Crippen LogP contribution in [0.15, 0.2) is 72.8 Å². The zero-order valence-corrected chi connectivity index (χ0v) is 22.9. The second-order valence-electron chi connectivity index (χ2n) is 9.74. The molecule has 0 bridgehead atoms. The minimum absolute atomic E-state index is 0.407. The Hall–Kier alpha value is -2.71. The molecule has 0 aliphatic carbocycles. The topological polar surface area (TPSA) is 58.6 Å². The van der Waals surface area contributed by atoms with Crippen LogP contribution in [0.25, 0.3) is 20.5 Å². The van der Waals surface area contributed by atoms with Gasteiger partial charge in [-0.25, -0.2) is 13.1 Å². The first kappa shape index (κ1) is 25.9. The molecule has 0 unspecified atom stereocenters. The summed E-state index contributed by atoms with van der Waals surface area (Å²) in [6, 6.07) is 25.7. The van der Waals surface area contributed by atoms with Gasteiger partial charge in [0.2, 0.25) is 10.0 Å². The molecule has 0 atom stereocenters. The largest absolute Gasteiger partial charge is 0.492 e. The fourth-order valence-corrected chi connectivity index (χ4v) is 6.62. The normalized spacial score (nSPS) is 14.4. The number of sulfonamides is 1. The van der Waals surface area contributed by atoms with Crippen molar-refractivity contribution in [2.45, 2.75) is 25.7 Å². The van der Waals surface area contributed by atoms with Crippen LogP contribution in [0.3, 0.4) is 0 Å². The molecule has 1 fully saturated rings. The SMILES string of the molecule is CS(=O)(=O)NCCc1ccc(-c2sc3ccccc3c2Cc2ccc(OCCN3CCCC3)cc2)cc1. The van der Waals surface area contributed by atoms with Crippen LogP contribution in [0.2, 0.25) is 0 Å². The predicted octanol–water partition coefficient (Wildman–Crippen LogP) is 5.73. The highest BCUT2D eigenvalue weighted by Gasteiger charge is 2.15. The van der Waals surface area contributed by atoms with Gasteiger partial charge in [-0.15, -0.1) is 11.3 Å². The van der Waals surface area contributed by atoms with Crippen molar-refractivity contribution in [2.75, 3.05) is 39.0 Å². The van der Waals surface area contributed by atoms with Crippen molar-refractivity contribution in [3.63, 3.8) is 0 Å². The number of fused-ring (bicyclic) bond motifs is 1. The van der Waals surface area contributed by atoms with E-state index in [0.717, 1.165) is 30.9 Å². The average molecular weight is 535 g/mol. The van der Waals surface area contributed by atoms with Gasteiger partial charge in [0.05, 0.1) is 6.26 Å². The van der Waals surface area contributed by atoms with Gasteiger partial charge < -0.3 is 4.74 Å². The second kappa shape index (κ2) is 11.8. The second-order valence-corrected chi connectivity index (χ2v) is 12.6. The van der Waals surface area contributed by atoms with E-state index in [2.05, 4.69) is 82.4 Å². The van der Waals surface area contributed by atoms with Crippen LogP contribution in [0.4, 0.5) is 0 Å². The molecule has 3 aromatic carbocycles. The Kier molecular flexibility index (Phi) is 8.25. The van der Waals surface area contributed by atoms with E-state index in [1.54, 1.807) is 0 Å². The molecule has 194 valence electrons. The summed E-state index contributed by atoms with van der Waals surface area (Å²) in [5, 5.41) is 1.30. The molecule has 7 heteroatoms. The minimum atomic E-state index is -3.16. The van der Waals surface area contributed by atoms with Crippen LogP contribution >= 0.6 is 11.3 Å². The van der Waals surface area contributed by atoms with Crippen molar-refractivity contribution >= 4 is 31.4 Å². The third-order valence-electron chi connectivity index (χ3n) is 6.87. The van der Waals surface area contributed by atoms with E-state index in [1.807, 2.05) is 11.3 Å². The molecular weight excluding hydrogens is 500 g/mol. The molecule has 2 heterocycles. The lowest BCUT2D eigenvalue weighted by molar-refractivity contribution is 0.238. The Bertz CT molecular complexity index is 1420. The van der Waals surface area contributed by atoms with Crippen molar-refractivity contribution in [1.29, 1.82) is 0 Å². The molecule has 0 amide bonds. The number of nitrogens with zero attached hydrogens (tertiary/aromatic N) is 1. The summed E-state index contributed by atoms with van der Waals surface area (Å²) in [4.78, 5) is 3.75. The van der Waals surface area contributed by atoms with Crippen LogP contribution in [0.1, 0.15) is 29.5 Å².